The van der Waals surface area contributed by atoms with Crippen LogP contribution in [0.1, 0.15) is 101 Å². The number of benzene rings is 2. The number of aryl methyl sites for hydroxylation is 2. The zero-order chi connectivity index (χ0) is 20.5. The van der Waals surface area contributed by atoms with Crippen molar-refractivity contribution in [3.05, 3.63) is 69.8 Å². The van der Waals surface area contributed by atoms with Crippen LogP contribution in [0.4, 0.5) is 0 Å². The summed E-state index contributed by atoms with van der Waals surface area (Å²) >= 11 is 0. The fraction of sp³-hybridized carbons (Fsp3) is 0.500. The van der Waals surface area contributed by atoms with Crippen LogP contribution in [-0.4, -0.2) is 0 Å². The first-order valence-electron chi connectivity index (χ1n) is 11.2. The van der Waals surface area contributed by atoms with Crippen molar-refractivity contribution in [1.82, 2.24) is 0 Å². The Morgan fingerprint density at radius 3 is 2.18 bits per heavy atom. The molecule has 0 unspecified atom stereocenters. The first-order chi connectivity index (χ1) is 13.3. The lowest BCUT2D eigenvalue weighted by Gasteiger charge is -2.42. The second-order valence-corrected chi connectivity index (χ2v) is 9.76. The lowest BCUT2D eigenvalue weighted by atomic mass is 9.63. The Morgan fingerprint density at radius 1 is 0.786 bits per heavy atom. The second-order valence-electron chi connectivity index (χ2n) is 9.76. The minimum Gasteiger partial charge on any atom is -0.0683 e. The molecule has 150 valence electrons. The van der Waals surface area contributed by atoms with Crippen LogP contribution >= 0.6 is 0 Å². The van der Waals surface area contributed by atoms with Crippen LogP contribution in [0.25, 0.3) is 11.6 Å². The van der Waals surface area contributed by atoms with Gasteiger partial charge in [-0.1, -0.05) is 89.6 Å². The van der Waals surface area contributed by atoms with E-state index in [4.69, 9.17) is 0 Å². The van der Waals surface area contributed by atoms with Crippen molar-refractivity contribution in [1.29, 1.82) is 0 Å². The Hall–Kier alpha value is -1.82. The highest BCUT2D eigenvalue weighted by Crippen LogP contribution is 2.46. The van der Waals surface area contributed by atoms with Crippen molar-refractivity contribution in [2.45, 2.75) is 91.4 Å². The van der Waals surface area contributed by atoms with E-state index in [0.717, 1.165) is 0 Å². The van der Waals surface area contributed by atoms with Crippen molar-refractivity contribution >= 4 is 11.6 Å². The maximum atomic E-state index is 2.48. The van der Waals surface area contributed by atoms with E-state index in [2.05, 4.69) is 77.1 Å². The summed E-state index contributed by atoms with van der Waals surface area (Å²) in [5.74, 6) is 0. The van der Waals surface area contributed by atoms with Gasteiger partial charge in [0.05, 0.1) is 0 Å². The molecule has 2 aromatic rings. The van der Waals surface area contributed by atoms with Gasteiger partial charge in [0.25, 0.3) is 0 Å². The van der Waals surface area contributed by atoms with Gasteiger partial charge in [0.2, 0.25) is 0 Å². The van der Waals surface area contributed by atoms with Crippen LogP contribution in [0.15, 0.2) is 36.4 Å². The van der Waals surface area contributed by atoms with Gasteiger partial charge in [-0.2, -0.15) is 0 Å². The summed E-state index contributed by atoms with van der Waals surface area (Å²) in [6.45, 7) is 15.8. The first-order valence-corrected chi connectivity index (χ1v) is 11.2. The van der Waals surface area contributed by atoms with Gasteiger partial charge in [0, 0.05) is 0 Å². The molecule has 0 heteroatoms. The Labute approximate surface area is 173 Å². The highest BCUT2D eigenvalue weighted by Gasteiger charge is 2.36. The van der Waals surface area contributed by atoms with E-state index >= 15 is 0 Å². The second kappa shape index (κ2) is 7.90. The molecule has 0 fully saturated rings. The molecule has 0 amide bonds. The van der Waals surface area contributed by atoms with Gasteiger partial charge >= 0.3 is 0 Å². The van der Waals surface area contributed by atoms with E-state index in [1.54, 1.807) is 11.1 Å². The molecule has 2 aliphatic rings. The minimum atomic E-state index is 0.279. The van der Waals surface area contributed by atoms with Crippen molar-refractivity contribution in [3.8, 4) is 0 Å². The molecule has 0 saturated carbocycles. The Bertz CT molecular complexity index is 877. The van der Waals surface area contributed by atoms with Crippen molar-refractivity contribution < 1.29 is 0 Å². The lowest BCUT2D eigenvalue weighted by Crippen LogP contribution is -2.33. The van der Waals surface area contributed by atoms with Crippen molar-refractivity contribution in [2.75, 3.05) is 0 Å². The van der Waals surface area contributed by atoms with Gasteiger partial charge in [-0.05, 0) is 83.2 Å². The molecule has 0 saturated heterocycles. The quantitative estimate of drug-likeness (QED) is 0.471. The number of fused-ring (bicyclic) bond motifs is 2. The maximum absolute atomic E-state index is 2.48. The Morgan fingerprint density at radius 2 is 1.46 bits per heavy atom. The van der Waals surface area contributed by atoms with E-state index in [0.29, 0.717) is 5.41 Å². The molecule has 2 aliphatic carbocycles. The number of hydrogen-bond acceptors (Lipinski definition) is 0. The molecule has 0 N–H and O–H groups in total. The molecule has 4 rings (SSSR count). The van der Waals surface area contributed by atoms with Crippen LogP contribution in [0.3, 0.4) is 0 Å². The zero-order valence-electron chi connectivity index (χ0n) is 19.1. The van der Waals surface area contributed by atoms with Crippen LogP contribution in [0.5, 0.6) is 0 Å². The van der Waals surface area contributed by atoms with E-state index < -0.39 is 0 Å². The third-order valence-electron chi connectivity index (χ3n) is 6.72. The third kappa shape index (κ3) is 3.97. The predicted molar refractivity (Wildman–Crippen MR) is 125 cm³/mol. The molecular weight excluding hydrogens is 336 g/mol. The predicted octanol–water partition coefficient (Wildman–Crippen LogP) is 8.25. The highest BCUT2D eigenvalue weighted by atomic mass is 14.4. The summed E-state index contributed by atoms with van der Waals surface area (Å²) in [6, 6.07) is 14.2. The van der Waals surface area contributed by atoms with Gasteiger partial charge in [-0.3, -0.25) is 0 Å². The maximum Gasteiger partial charge on any atom is -0.0100 e. The average molecular weight is 375 g/mol. The summed E-state index contributed by atoms with van der Waals surface area (Å²) < 4.78 is 0. The van der Waals surface area contributed by atoms with Crippen molar-refractivity contribution in [3.63, 3.8) is 0 Å². The molecule has 0 spiro atoms. The fourth-order valence-electron chi connectivity index (χ4n) is 4.89. The first kappa shape index (κ1) is 20.9. The molecule has 0 aliphatic heterocycles. The molecule has 0 heterocycles. The lowest BCUT2D eigenvalue weighted by molar-refractivity contribution is 0.332. The minimum absolute atomic E-state index is 0.279. The smallest absolute Gasteiger partial charge is 0.0100 e. The van der Waals surface area contributed by atoms with Crippen LogP contribution < -0.4 is 0 Å². The standard InChI is InChI=1S/C26H32.C2H6/c1-18-9-11-22-20(15-18)7-6-8-21(22)16-19-10-12-23-24(17-19)26(4,5)14-13-25(23,2)3;1-2/h9-12,15-17H,6-8,13-14H2,1-5H3;1-2H3/b21-16-;. The molecule has 28 heavy (non-hydrogen) atoms. The molecule has 2 aromatic carbocycles. The number of allylic oxidation sites excluding steroid dienone is 1. The summed E-state index contributed by atoms with van der Waals surface area (Å²) in [6.07, 6.45) is 8.69. The van der Waals surface area contributed by atoms with Crippen LogP contribution in [0, 0.1) is 6.92 Å². The normalized spacial score (nSPS) is 20.6. The molecule has 0 atom stereocenters. The summed E-state index contributed by atoms with van der Waals surface area (Å²) in [4.78, 5) is 0. The van der Waals surface area contributed by atoms with Gasteiger partial charge in [0.1, 0.15) is 0 Å². The van der Waals surface area contributed by atoms with E-state index in [9.17, 15) is 0 Å². The molecule has 0 radical (unpaired) electrons. The fourth-order valence-corrected chi connectivity index (χ4v) is 4.89. The monoisotopic (exact) mass is 374 g/mol. The Kier molecular flexibility index (Phi) is 5.89. The third-order valence-corrected chi connectivity index (χ3v) is 6.72. The average Bonchev–Trinajstić information content (AvgIpc) is 2.67. The topological polar surface area (TPSA) is 0 Å². The van der Waals surface area contributed by atoms with E-state index in [1.165, 1.54) is 59.9 Å². The van der Waals surface area contributed by atoms with Crippen molar-refractivity contribution in [2.24, 2.45) is 0 Å². The largest absolute Gasteiger partial charge is 0.0683 e. The Balaban J connectivity index is 0.00000109. The molecule has 0 aromatic heterocycles. The molecule has 0 bridgehead atoms. The van der Waals surface area contributed by atoms with E-state index in [1.807, 2.05) is 13.8 Å². The number of rotatable bonds is 1. The van der Waals surface area contributed by atoms with Crippen LogP contribution in [0.2, 0.25) is 0 Å². The van der Waals surface area contributed by atoms with Gasteiger partial charge in [-0.15, -0.1) is 0 Å². The summed E-state index contributed by atoms with van der Waals surface area (Å²) in [7, 11) is 0. The summed E-state index contributed by atoms with van der Waals surface area (Å²) in [5, 5.41) is 0. The SMILES string of the molecule is CC.Cc1ccc2c(c1)CCC/C2=C/c1ccc2c(c1)C(C)(C)CCC2(C)C. The van der Waals surface area contributed by atoms with Gasteiger partial charge in [-0.25, -0.2) is 0 Å². The summed E-state index contributed by atoms with van der Waals surface area (Å²) in [5.41, 5.74) is 11.0. The number of hydrogen-bond donors (Lipinski definition) is 0. The molecule has 0 nitrogen and oxygen atoms in total. The molecular formula is C28H38. The zero-order valence-corrected chi connectivity index (χ0v) is 19.1. The van der Waals surface area contributed by atoms with Gasteiger partial charge in [0.15, 0.2) is 0 Å². The van der Waals surface area contributed by atoms with Gasteiger partial charge < -0.3 is 0 Å². The van der Waals surface area contributed by atoms with E-state index in [-0.39, 0.29) is 5.41 Å². The highest BCUT2D eigenvalue weighted by molar-refractivity contribution is 5.84. The van der Waals surface area contributed by atoms with Crippen LogP contribution in [-0.2, 0) is 17.3 Å².